The SMILES string of the molecule is C/C=C\C=C(/C=C(C)C)C1CCC(=O)NC1=O. The first-order chi connectivity index (χ1) is 8.04. The van der Waals surface area contributed by atoms with E-state index in [-0.39, 0.29) is 17.7 Å². The molecular formula is C14H19NO2. The van der Waals surface area contributed by atoms with Crippen molar-refractivity contribution in [3.8, 4) is 0 Å². The number of allylic oxidation sites excluding steroid dienone is 5. The summed E-state index contributed by atoms with van der Waals surface area (Å²) in [4.78, 5) is 22.9. The summed E-state index contributed by atoms with van der Waals surface area (Å²) in [7, 11) is 0. The highest BCUT2D eigenvalue weighted by Gasteiger charge is 2.28. The number of hydrogen-bond donors (Lipinski definition) is 1. The highest BCUT2D eigenvalue weighted by atomic mass is 16.2. The molecule has 17 heavy (non-hydrogen) atoms. The van der Waals surface area contributed by atoms with Gasteiger partial charge in [0.15, 0.2) is 0 Å². The van der Waals surface area contributed by atoms with Crippen LogP contribution in [0.1, 0.15) is 33.6 Å². The summed E-state index contributed by atoms with van der Waals surface area (Å²) in [6.45, 7) is 5.92. The van der Waals surface area contributed by atoms with E-state index >= 15 is 0 Å². The van der Waals surface area contributed by atoms with Crippen molar-refractivity contribution in [2.75, 3.05) is 0 Å². The van der Waals surface area contributed by atoms with Gasteiger partial charge in [-0.1, -0.05) is 29.9 Å². The van der Waals surface area contributed by atoms with Crippen molar-refractivity contribution in [2.24, 2.45) is 5.92 Å². The minimum Gasteiger partial charge on any atom is -0.296 e. The van der Waals surface area contributed by atoms with Crippen molar-refractivity contribution in [1.82, 2.24) is 5.32 Å². The summed E-state index contributed by atoms with van der Waals surface area (Å²) in [6, 6.07) is 0. The predicted molar refractivity (Wildman–Crippen MR) is 68.2 cm³/mol. The van der Waals surface area contributed by atoms with Crippen molar-refractivity contribution in [3.05, 3.63) is 35.5 Å². The molecule has 1 rings (SSSR count). The molecule has 1 atom stereocenters. The number of carbonyl (C=O) groups excluding carboxylic acids is 2. The largest absolute Gasteiger partial charge is 0.296 e. The van der Waals surface area contributed by atoms with Crippen LogP contribution in [0.4, 0.5) is 0 Å². The Labute approximate surface area is 102 Å². The van der Waals surface area contributed by atoms with Crippen LogP contribution >= 0.6 is 0 Å². The second-order valence-electron chi connectivity index (χ2n) is 4.42. The number of imide groups is 1. The fourth-order valence-electron chi connectivity index (χ4n) is 1.82. The quantitative estimate of drug-likeness (QED) is 0.601. The first kappa shape index (κ1) is 13.4. The second kappa shape index (κ2) is 6.18. The average molecular weight is 233 g/mol. The molecule has 1 fully saturated rings. The van der Waals surface area contributed by atoms with Crippen LogP contribution in [0.5, 0.6) is 0 Å². The summed E-state index contributed by atoms with van der Waals surface area (Å²) in [5.74, 6) is -0.567. The van der Waals surface area contributed by atoms with Crippen molar-refractivity contribution >= 4 is 11.8 Å². The molecule has 0 bridgehead atoms. The average Bonchev–Trinajstić information content (AvgIpc) is 2.24. The summed E-state index contributed by atoms with van der Waals surface area (Å²) in [6.07, 6.45) is 8.79. The van der Waals surface area contributed by atoms with Crippen LogP contribution in [-0.4, -0.2) is 11.8 Å². The van der Waals surface area contributed by atoms with E-state index < -0.39 is 0 Å². The molecule has 0 radical (unpaired) electrons. The molecule has 1 N–H and O–H groups in total. The standard InChI is InChI=1S/C14H19NO2/c1-4-5-6-11(9-10(2)3)12-7-8-13(16)15-14(12)17/h4-6,9,12H,7-8H2,1-3H3,(H,15,16,17)/b5-4-,11-6+. The van der Waals surface area contributed by atoms with E-state index in [4.69, 9.17) is 0 Å². The second-order valence-corrected chi connectivity index (χ2v) is 4.42. The summed E-state index contributed by atoms with van der Waals surface area (Å²) < 4.78 is 0. The summed E-state index contributed by atoms with van der Waals surface area (Å²) >= 11 is 0. The van der Waals surface area contributed by atoms with Gasteiger partial charge >= 0.3 is 0 Å². The zero-order chi connectivity index (χ0) is 12.8. The Bertz CT molecular complexity index is 398. The highest BCUT2D eigenvalue weighted by molar-refractivity contribution is 6.00. The van der Waals surface area contributed by atoms with Gasteiger partial charge in [-0.2, -0.15) is 0 Å². The lowest BCUT2D eigenvalue weighted by Gasteiger charge is -2.22. The number of nitrogens with one attached hydrogen (secondary N) is 1. The molecule has 0 aromatic heterocycles. The van der Waals surface area contributed by atoms with Crippen LogP contribution in [0.15, 0.2) is 35.5 Å². The lowest BCUT2D eigenvalue weighted by molar-refractivity contribution is -0.135. The maximum atomic E-state index is 11.8. The number of amides is 2. The van der Waals surface area contributed by atoms with E-state index in [0.29, 0.717) is 12.8 Å². The molecule has 1 aliphatic rings. The minimum absolute atomic E-state index is 0.172. The highest BCUT2D eigenvalue weighted by Crippen LogP contribution is 2.23. The van der Waals surface area contributed by atoms with E-state index in [9.17, 15) is 9.59 Å². The maximum Gasteiger partial charge on any atom is 0.234 e. The molecule has 1 aliphatic heterocycles. The predicted octanol–water partition coefficient (Wildman–Crippen LogP) is 2.51. The normalized spacial score (nSPS) is 21.6. The Balaban J connectivity index is 2.95. The number of carbonyl (C=O) groups is 2. The van der Waals surface area contributed by atoms with Gasteiger partial charge in [0, 0.05) is 6.42 Å². The molecule has 0 saturated carbocycles. The molecular weight excluding hydrogens is 214 g/mol. The monoisotopic (exact) mass is 233 g/mol. The van der Waals surface area contributed by atoms with Crippen LogP contribution in [0.25, 0.3) is 0 Å². The Morgan fingerprint density at radius 2 is 2.06 bits per heavy atom. The topological polar surface area (TPSA) is 46.2 Å². The van der Waals surface area contributed by atoms with Gasteiger partial charge in [-0.25, -0.2) is 0 Å². The maximum absolute atomic E-state index is 11.8. The van der Waals surface area contributed by atoms with Crippen LogP contribution < -0.4 is 5.32 Å². The van der Waals surface area contributed by atoms with Gasteiger partial charge in [0.1, 0.15) is 0 Å². The van der Waals surface area contributed by atoms with Gasteiger partial charge in [-0.05, 0) is 32.8 Å². The van der Waals surface area contributed by atoms with Crippen molar-refractivity contribution < 1.29 is 9.59 Å². The number of hydrogen-bond acceptors (Lipinski definition) is 2. The molecule has 2 amide bonds. The van der Waals surface area contributed by atoms with E-state index in [1.807, 2.05) is 45.1 Å². The third-order valence-corrected chi connectivity index (χ3v) is 2.58. The van der Waals surface area contributed by atoms with Crippen LogP contribution in [0.2, 0.25) is 0 Å². The van der Waals surface area contributed by atoms with Gasteiger partial charge in [-0.3, -0.25) is 14.9 Å². The summed E-state index contributed by atoms with van der Waals surface area (Å²) in [5, 5.41) is 2.39. The Hall–Kier alpha value is -1.64. The third-order valence-electron chi connectivity index (χ3n) is 2.58. The number of rotatable bonds is 3. The minimum atomic E-state index is -0.209. The van der Waals surface area contributed by atoms with Crippen LogP contribution in [0.3, 0.4) is 0 Å². The van der Waals surface area contributed by atoms with Gasteiger partial charge < -0.3 is 0 Å². The molecule has 1 saturated heterocycles. The van der Waals surface area contributed by atoms with Crippen molar-refractivity contribution in [1.29, 1.82) is 0 Å². The van der Waals surface area contributed by atoms with Crippen molar-refractivity contribution in [2.45, 2.75) is 33.6 Å². The van der Waals surface area contributed by atoms with Gasteiger partial charge in [0.05, 0.1) is 5.92 Å². The molecule has 3 heteroatoms. The molecule has 0 aromatic rings. The van der Waals surface area contributed by atoms with E-state index in [0.717, 1.165) is 11.1 Å². The lowest BCUT2D eigenvalue weighted by Crippen LogP contribution is -2.41. The molecule has 0 aliphatic carbocycles. The van der Waals surface area contributed by atoms with Gasteiger partial charge in [0.2, 0.25) is 11.8 Å². The zero-order valence-electron chi connectivity index (χ0n) is 10.6. The van der Waals surface area contributed by atoms with E-state index in [1.165, 1.54) is 0 Å². The van der Waals surface area contributed by atoms with E-state index in [2.05, 4.69) is 5.32 Å². The first-order valence-electron chi connectivity index (χ1n) is 5.86. The lowest BCUT2D eigenvalue weighted by atomic mass is 9.89. The smallest absolute Gasteiger partial charge is 0.234 e. The fraction of sp³-hybridized carbons (Fsp3) is 0.429. The van der Waals surface area contributed by atoms with E-state index in [1.54, 1.807) is 0 Å². The van der Waals surface area contributed by atoms with Crippen LogP contribution in [0, 0.1) is 5.92 Å². The van der Waals surface area contributed by atoms with Gasteiger partial charge in [0.25, 0.3) is 0 Å². The Kier molecular flexibility index (Phi) is 4.88. The fourth-order valence-corrected chi connectivity index (χ4v) is 1.82. The molecule has 1 unspecified atom stereocenters. The molecule has 3 nitrogen and oxygen atoms in total. The zero-order valence-corrected chi connectivity index (χ0v) is 10.6. The third kappa shape index (κ3) is 4.02. The van der Waals surface area contributed by atoms with Crippen LogP contribution in [-0.2, 0) is 9.59 Å². The van der Waals surface area contributed by atoms with Crippen molar-refractivity contribution in [3.63, 3.8) is 0 Å². The van der Waals surface area contributed by atoms with Gasteiger partial charge in [-0.15, -0.1) is 0 Å². The molecule has 0 aromatic carbocycles. The molecule has 0 spiro atoms. The molecule has 92 valence electrons. The Morgan fingerprint density at radius 1 is 1.35 bits per heavy atom. The first-order valence-corrected chi connectivity index (χ1v) is 5.86. The Morgan fingerprint density at radius 3 is 2.59 bits per heavy atom. The summed E-state index contributed by atoms with van der Waals surface area (Å²) in [5.41, 5.74) is 2.11. The molecule has 1 heterocycles. The number of piperidine rings is 1.